The van der Waals surface area contributed by atoms with E-state index < -0.39 is 25.9 Å². The standard InChI is InChI=1S/C27H31F3O3S2/c1-25(2,3)20-12-16-23(17-13-20)34(22-10-8-7-9-11-22,33-35(31,32)27(28,29)30)24-18-14-21(15-19-24)26(4,5)6/h7-19H,1-6H3/p+1. The molecule has 3 nitrogen and oxygen atoms in total. The van der Waals surface area contributed by atoms with E-state index in [0.29, 0.717) is 14.7 Å². The lowest BCUT2D eigenvalue weighted by atomic mass is 9.87. The summed E-state index contributed by atoms with van der Waals surface area (Å²) in [5.41, 5.74) is -3.94. The second kappa shape index (κ2) is 9.30. The van der Waals surface area contributed by atoms with Crippen molar-refractivity contribution < 1.29 is 25.2 Å². The summed E-state index contributed by atoms with van der Waals surface area (Å²) < 4.78 is 69.9. The molecule has 0 bridgehead atoms. The van der Waals surface area contributed by atoms with Crippen LogP contribution in [-0.2, 0) is 20.9 Å². The number of alkyl halides is 3. The Kier molecular flexibility index (Phi) is 7.25. The summed E-state index contributed by atoms with van der Waals surface area (Å²) >= 11 is 0. The molecule has 0 atom stereocenters. The summed E-state index contributed by atoms with van der Waals surface area (Å²) in [7, 11) is -9.00. The zero-order valence-electron chi connectivity index (χ0n) is 20.7. The lowest BCUT2D eigenvalue weighted by Crippen LogP contribution is -2.30. The van der Waals surface area contributed by atoms with Crippen molar-refractivity contribution in [3.8, 4) is 0 Å². The first-order valence-corrected chi connectivity index (χ1v) is 14.2. The second-order valence-electron chi connectivity index (χ2n) is 10.4. The molecule has 0 spiro atoms. The highest BCUT2D eigenvalue weighted by molar-refractivity contribution is 8.32. The second-order valence-corrected chi connectivity index (χ2v) is 15.0. The normalized spacial score (nSPS) is 14.1. The largest absolute Gasteiger partial charge is 0.572 e. The summed E-state index contributed by atoms with van der Waals surface area (Å²) in [5, 5.41) is 0. The monoisotopic (exact) mass is 525 g/mol. The van der Waals surface area contributed by atoms with Gasteiger partial charge in [0.05, 0.1) is 25.0 Å². The SMILES string of the molecule is CC(C)(C)c1ccc(S([OH+]S(=O)(=O)C(F)(F)F)(c2ccccc2)c2ccc(C(C)(C)C)cc2)cc1. The van der Waals surface area contributed by atoms with Crippen molar-refractivity contribution in [3.63, 3.8) is 0 Å². The molecule has 3 rings (SSSR count). The zero-order chi connectivity index (χ0) is 26.3. The number of hydrogen-bond acceptors (Lipinski definition) is 2. The maximum absolute atomic E-state index is 13.7. The van der Waals surface area contributed by atoms with Gasteiger partial charge in [0.15, 0.2) is 0 Å². The van der Waals surface area contributed by atoms with Gasteiger partial charge in [-0.3, -0.25) is 3.63 Å². The Labute approximate surface area is 208 Å². The molecule has 0 amide bonds. The molecule has 0 unspecified atom stereocenters. The number of rotatable bonds is 5. The van der Waals surface area contributed by atoms with Gasteiger partial charge in [-0.2, -0.15) is 13.2 Å². The van der Waals surface area contributed by atoms with Gasteiger partial charge in [0.1, 0.15) is 0 Å². The highest BCUT2D eigenvalue weighted by Crippen LogP contribution is 2.69. The molecule has 0 radical (unpaired) electrons. The molecule has 0 saturated carbocycles. The maximum atomic E-state index is 13.7. The van der Waals surface area contributed by atoms with E-state index in [0.717, 1.165) is 11.1 Å². The third kappa shape index (κ3) is 5.60. The third-order valence-corrected chi connectivity index (χ3v) is 10.8. The smallest absolute Gasteiger partial charge is 0.255 e. The summed E-state index contributed by atoms with van der Waals surface area (Å²) in [6.45, 7) is 12.2. The van der Waals surface area contributed by atoms with Crippen molar-refractivity contribution in [1.82, 2.24) is 0 Å². The van der Waals surface area contributed by atoms with Gasteiger partial charge in [-0.05, 0) is 58.4 Å². The first kappa shape index (κ1) is 27.3. The molecule has 3 aromatic rings. The summed E-state index contributed by atoms with van der Waals surface area (Å²) in [4.78, 5) is 1.22. The van der Waals surface area contributed by atoms with Crippen LogP contribution in [0.25, 0.3) is 0 Å². The molecule has 190 valence electrons. The Morgan fingerprint density at radius 3 is 1.23 bits per heavy atom. The summed E-state index contributed by atoms with van der Waals surface area (Å²) in [6, 6.07) is 22.5. The van der Waals surface area contributed by atoms with E-state index in [9.17, 15) is 21.6 Å². The fraction of sp³-hybridized carbons (Fsp3) is 0.333. The quantitative estimate of drug-likeness (QED) is 0.191. The van der Waals surface area contributed by atoms with E-state index in [1.165, 1.54) is 0 Å². The Hall–Kier alpha value is -2.29. The average Bonchev–Trinajstić information content (AvgIpc) is 2.76. The van der Waals surface area contributed by atoms with Gasteiger partial charge in [0.25, 0.3) is 0 Å². The predicted octanol–water partition coefficient (Wildman–Crippen LogP) is 8.42. The van der Waals surface area contributed by atoms with Crippen LogP contribution in [-0.4, -0.2) is 17.6 Å². The van der Waals surface area contributed by atoms with Gasteiger partial charge in [0, 0.05) is 0 Å². The van der Waals surface area contributed by atoms with E-state index >= 15 is 0 Å². The fourth-order valence-electron chi connectivity index (χ4n) is 3.65. The van der Waals surface area contributed by atoms with E-state index in [1.54, 1.807) is 54.6 Å². The number of halogens is 3. The molecule has 0 aliphatic carbocycles. The Morgan fingerprint density at radius 2 is 0.914 bits per heavy atom. The molecule has 35 heavy (non-hydrogen) atoms. The van der Waals surface area contributed by atoms with Crippen LogP contribution in [0.15, 0.2) is 93.5 Å². The molecule has 0 saturated heterocycles. The average molecular weight is 526 g/mol. The third-order valence-electron chi connectivity index (χ3n) is 5.71. The van der Waals surface area contributed by atoms with E-state index in [-0.39, 0.29) is 10.8 Å². The van der Waals surface area contributed by atoms with Crippen LogP contribution < -0.4 is 0 Å². The molecule has 3 aromatic carbocycles. The summed E-state index contributed by atoms with van der Waals surface area (Å²) in [5.74, 6) is 0. The molecular formula is C27H32F3O3S2+. The van der Waals surface area contributed by atoms with E-state index in [4.69, 9.17) is 0 Å². The van der Waals surface area contributed by atoms with Gasteiger partial charge >= 0.3 is 15.6 Å². The maximum Gasteiger partial charge on any atom is 0.572 e. The minimum absolute atomic E-state index is 0.188. The van der Waals surface area contributed by atoms with E-state index in [2.05, 4.69) is 3.63 Å². The van der Waals surface area contributed by atoms with Gasteiger partial charge < -0.3 is 0 Å². The molecule has 8 heteroatoms. The predicted molar refractivity (Wildman–Crippen MR) is 137 cm³/mol. The molecule has 0 aliphatic heterocycles. The van der Waals surface area contributed by atoms with Crippen molar-refractivity contribution in [2.45, 2.75) is 72.6 Å². The molecule has 0 aromatic heterocycles. The fourth-order valence-corrected chi connectivity index (χ4v) is 8.62. The molecular weight excluding hydrogens is 493 g/mol. The number of benzene rings is 3. The van der Waals surface area contributed by atoms with Crippen molar-refractivity contribution in [3.05, 3.63) is 90.0 Å². The van der Waals surface area contributed by atoms with Gasteiger partial charge in [-0.15, -0.1) is 8.42 Å². The van der Waals surface area contributed by atoms with Crippen LogP contribution in [0.1, 0.15) is 52.7 Å². The highest BCUT2D eigenvalue weighted by atomic mass is 32.3. The minimum Gasteiger partial charge on any atom is -0.255 e. The lowest BCUT2D eigenvalue weighted by Gasteiger charge is -2.35. The lowest BCUT2D eigenvalue weighted by molar-refractivity contribution is -0.0540. The number of hydrogen-bond donors (Lipinski definition) is 0. The Balaban J connectivity index is 2.38. The Bertz CT molecular complexity index is 1200. The molecule has 0 fully saturated rings. The van der Waals surface area contributed by atoms with Gasteiger partial charge in [-0.25, -0.2) is 0 Å². The van der Waals surface area contributed by atoms with Crippen LogP contribution in [0.5, 0.6) is 0 Å². The highest BCUT2D eigenvalue weighted by Gasteiger charge is 2.57. The van der Waals surface area contributed by atoms with Crippen molar-refractivity contribution in [2.24, 2.45) is 0 Å². The van der Waals surface area contributed by atoms with Crippen LogP contribution >= 0.6 is 10.3 Å². The van der Waals surface area contributed by atoms with Crippen molar-refractivity contribution in [2.75, 3.05) is 0 Å². The van der Waals surface area contributed by atoms with Gasteiger partial charge in [0.2, 0.25) is 0 Å². The molecule has 0 aliphatic rings. The zero-order valence-corrected chi connectivity index (χ0v) is 22.4. The van der Waals surface area contributed by atoms with Crippen LogP contribution in [0.3, 0.4) is 0 Å². The van der Waals surface area contributed by atoms with Crippen LogP contribution in [0.2, 0.25) is 0 Å². The molecule has 1 N–H and O–H groups in total. The molecule has 0 heterocycles. The Morgan fingerprint density at radius 1 is 0.571 bits per heavy atom. The first-order valence-electron chi connectivity index (χ1n) is 11.1. The van der Waals surface area contributed by atoms with Gasteiger partial charge in [-0.1, -0.05) is 84.0 Å². The van der Waals surface area contributed by atoms with Crippen LogP contribution in [0, 0.1) is 0 Å². The topological polar surface area (TPSA) is 46.9 Å². The minimum atomic E-state index is -5.81. The first-order chi connectivity index (χ1) is 16.0. The van der Waals surface area contributed by atoms with Crippen molar-refractivity contribution >= 4 is 20.4 Å². The van der Waals surface area contributed by atoms with E-state index in [1.807, 2.05) is 65.8 Å². The van der Waals surface area contributed by atoms with Crippen LogP contribution in [0.4, 0.5) is 13.2 Å². The van der Waals surface area contributed by atoms with Crippen molar-refractivity contribution in [1.29, 1.82) is 0 Å². The summed E-state index contributed by atoms with van der Waals surface area (Å²) in [6.07, 6.45) is 0.